The van der Waals surface area contributed by atoms with Crippen molar-refractivity contribution in [3.05, 3.63) is 53.6 Å². The van der Waals surface area contributed by atoms with Gasteiger partial charge in [-0.3, -0.25) is 5.84 Å². The van der Waals surface area contributed by atoms with Gasteiger partial charge in [-0.1, -0.05) is 19.1 Å². The number of imidazole rings is 1. The normalized spacial score (nSPS) is 13.4. The Bertz CT molecular complexity index is 575. The van der Waals surface area contributed by atoms with Gasteiger partial charge < -0.3 is 4.57 Å². The summed E-state index contributed by atoms with van der Waals surface area (Å²) in [6, 6.07) is 4.48. The molecule has 0 saturated carbocycles. The van der Waals surface area contributed by atoms with Gasteiger partial charge in [-0.15, -0.1) is 0 Å². The van der Waals surface area contributed by atoms with Crippen molar-refractivity contribution < 1.29 is 13.2 Å². The molecule has 0 aliphatic heterocycles. The summed E-state index contributed by atoms with van der Waals surface area (Å²) < 4.78 is 39.7. The van der Waals surface area contributed by atoms with E-state index in [4.69, 9.17) is 5.84 Å². The van der Waals surface area contributed by atoms with Crippen molar-refractivity contribution in [3.63, 3.8) is 0 Å². The summed E-state index contributed by atoms with van der Waals surface area (Å²) in [6.45, 7) is 2.81. The first-order valence-corrected chi connectivity index (χ1v) is 6.61. The fourth-order valence-electron chi connectivity index (χ4n) is 2.20. The molecule has 4 nitrogen and oxygen atoms in total. The van der Waals surface area contributed by atoms with Crippen molar-refractivity contribution >= 4 is 0 Å². The van der Waals surface area contributed by atoms with Crippen LogP contribution in [0, 0.1) is 0 Å². The lowest BCUT2D eigenvalue weighted by Crippen LogP contribution is -2.31. The van der Waals surface area contributed by atoms with Crippen LogP contribution in [0.15, 0.2) is 36.7 Å². The van der Waals surface area contributed by atoms with Crippen molar-refractivity contribution in [1.29, 1.82) is 0 Å². The molecule has 2 aromatic rings. The third kappa shape index (κ3) is 3.43. The van der Waals surface area contributed by atoms with Crippen LogP contribution in [0.5, 0.6) is 0 Å². The Hall–Kier alpha value is -1.86. The van der Waals surface area contributed by atoms with E-state index in [9.17, 15) is 13.2 Å². The van der Waals surface area contributed by atoms with Crippen LogP contribution < -0.4 is 11.3 Å². The summed E-state index contributed by atoms with van der Waals surface area (Å²) in [4.78, 5) is 4.25. The highest BCUT2D eigenvalue weighted by molar-refractivity contribution is 5.30. The molecule has 0 aliphatic rings. The number of nitrogens with zero attached hydrogens (tertiary/aromatic N) is 2. The topological polar surface area (TPSA) is 55.9 Å². The first-order chi connectivity index (χ1) is 9.97. The molecule has 1 aromatic carbocycles. The van der Waals surface area contributed by atoms with Crippen molar-refractivity contribution in [2.75, 3.05) is 0 Å². The number of hydrogen-bond acceptors (Lipinski definition) is 3. The monoisotopic (exact) mass is 298 g/mol. The van der Waals surface area contributed by atoms with Crippen LogP contribution in [0.1, 0.15) is 36.3 Å². The minimum Gasteiger partial charge on any atom is -0.333 e. The maximum atomic E-state index is 12.6. The molecule has 1 heterocycles. The summed E-state index contributed by atoms with van der Waals surface area (Å²) >= 11 is 0. The molecule has 3 N–H and O–H groups in total. The smallest absolute Gasteiger partial charge is 0.333 e. The van der Waals surface area contributed by atoms with Gasteiger partial charge >= 0.3 is 6.18 Å². The highest BCUT2D eigenvalue weighted by atomic mass is 19.4. The number of aromatic nitrogens is 2. The highest BCUT2D eigenvalue weighted by Gasteiger charge is 2.30. The molecule has 21 heavy (non-hydrogen) atoms. The molecule has 0 radical (unpaired) electrons. The van der Waals surface area contributed by atoms with Crippen LogP contribution in [-0.2, 0) is 12.7 Å². The number of nitrogens with one attached hydrogen (secondary N) is 1. The second-order valence-electron chi connectivity index (χ2n) is 4.70. The Morgan fingerprint density at radius 1 is 1.29 bits per heavy atom. The number of nitrogens with two attached hydrogens (primary N) is 1. The Balaban J connectivity index is 2.31. The predicted molar refractivity (Wildman–Crippen MR) is 73.1 cm³/mol. The minimum absolute atomic E-state index is 0.450. The number of halogens is 3. The van der Waals surface area contributed by atoms with Crippen LogP contribution in [0.3, 0.4) is 0 Å². The number of alkyl halides is 3. The lowest BCUT2D eigenvalue weighted by Gasteiger charge is -2.18. The summed E-state index contributed by atoms with van der Waals surface area (Å²) in [6.07, 6.45) is 0.0607. The Morgan fingerprint density at radius 2 is 1.95 bits per heavy atom. The zero-order valence-electron chi connectivity index (χ0n) is 11.6. The van der Waals surface area contributed by atoms with Gasteiger partial charge in [-0.05, 0) is 24.1 Å². The lowest BCUT2D eigenvalue weighted by molar-refractivity contribution is -0.137. The first-order valence-electron chi connectivity index (χ1n) is 6.61. The van der Waals surface area contributed by atoms with E-state index in [1.165, 1.54) is 12.1 Å². The first kappa shape index (κ1) is 15.5. The van der Waals surface area contributed by atoms with E-state index in [0.29, 0.717) is 11.4 Å². The van der Waals surface area contributed by atoms with Crippen LogP contribution in [0.4, 0.5) is 13.2 Å². The van der Waals surface area contributed by atoms with Gasteiger partial charge in [0.15, 0.2) is 0 Å². The van der Waals surface area contributed by atoms with E-state index in [1.54, 1.807) is 6.20 Å². The average Bonchev–Trinajstić information content (AvgIpc) is 2.88. The molecular weight excluding hydrogens is 281 g/mol. The zero-order valence-corrected chi connectivity index (χ0v) is 11.6. The van der Waals surface area contributed by atoms with E-state index in [-0.39, 0.29) is 0 Å². The van der Waals surface area contributed by atoms with E-state index in [2.05, 4.69) is 10.4 Å². The lowest BCUT2D eigenvalue weighted by atomic mass is 10.0. The molecule has 0 aliphatic carbocycles. The molecule has 0 fully saturated rings. The van der Waals surface area contributed by atoms with E-state index < -0.39 is 17.8 Å². The van der Waals surface area contributed by atoms with Crippen LogP contribution >= 0.6 is 0 Å². The zero-order chi connectivity index (χ0) is 15.5. The third-order valence-electron chi connectivity index (χ3n) is 3.21. The van der Waals surface area contributed by atoms with Gasteiger partial charge in [-0.2, -0.15) is 13.2 Å². The fraction of sp³-hybridized carbons (Fsp3) is 0.357. The maximum Gasteiger partial charge on any atom is 0.416 e. The molecule has 114 valence electrons. The maximum absolute atomic E-state index is 12.6. The molecule has 0 saturated heterocycles. The van der Waals surface area contributed by atoms with Gasteiger partial charge in [0, 0.05) is 18.9 Å². The van der Waals surface area contributed by atoms with Gasteiger partial charge in [0.25, 0.3) is 0 Å². The molecular formula is C14H17F3N4. The molecule has 0 spiro atoms. The van der Waals surface area contributed by atoms with Crippen LogP contribution in [0.2, 0.25) is 0 Å². The Morgan fingerprint density at radius 3 is 2.48 bits per heavy atom. The van der Waals surface area contributed by atoms with E-state index in [0.717, 1.165) is 25.1 Å². The van der Waals surface area contributed by atoms with E-state index in [1.807, 2.05) is 17.7 Å². The quantitative estimate of drug-likeness (QED) is 0.659. The molecule has 1 unspecified atom stereocenters. The molecule has 0 amide bonds. The Labute approximate surface area is 120 Å². The molecule has 0 bridgehead atoms. The number of benzene rings is 1. The van der Waals surface area contributed by atoms with Gasteiger partial charge in [0.2, 0.25) is 0 Å². The van der Waals surface area contributed by atoms with Gasteiger partial charge in [-0.25, -0.2) is 10.4 Å². The summed E-state index contributed by atoms with van der Waals surface area (Å²) in [5.41, 5.74) is 2.57. The summed E-state index contributed by atoms with van der Waals surface area (Å²) in [5.74, 6) is 6.24. The minimum atomic E-state index is -4.34. The summed E-state index contributed by atoms with van der Waals surface area (Å²) in [7, 11) is 0. The number of hydrogen-bond donors (Lipinski definition) is 2. The molecule has 1 atom stereocenters. The fourth-order valence-corrected chi connectivity index (χ4v) is 2.20. The summed E-state index contributed by atoms with van der Waals surface area (Å²) in [5, 5.41) is 0. The number of hydrazine groups is 1. The van der Waals surface area contributed by atoms with Crippen molar-refractivity contribution in [3.8, 4) is 0 Å². The molecule has 2 rings (SSSR count). The number of aryl methyl sites for hydroxylation is 1. The van der Waals surface area contributed by atoms with Crippen LogP contribution in [0.25, 0.3) is 0 Å². The predicted octanol–water partition coefficient (Wildman–Crippen LogP) is 2.86. The van der Waals surface area contributed by atoms with Gasteiger partial charge in [0.1, 0.15) is 11.9 Å². The van der Waals surface area contributed by atoms with Crippen molar-refractivity contribution in [2.45, 2.75) is 32.1 Å². The van der Waals surface area contributed by atoms with Crippen LogP contribution in [-0.4, -0.2) is 9.55 Å². The van der Waals surface area contributed by atoms with Gasteiger partial charge in [0.05, 0.1) is 5.56 Å². The second-order valence-corrected chi connectivity index (χ2v) is 4.70. The third-order valence-corrected chi connectivity index (χ3v) is 3.21. The second kappa shape index (κ2) is 6.28. The molecule has 7 heteroatoms. The van der Waals surface area contributed by atoms with Crippen molar-refractivity contribution in [2.24, 2.45) is 5.84 Å². The average molecular weight is 298 g/mol. The number of rotatable bonds is 5. The standard InChI is InChI=1S/C14H17F3N4/c1-2-8-21-9-7-19-13(21)12(20-18)10-3-5-11(6-4-10)14(15,16)17/h3-7,9,12,20H,2,8,18H2,1H3. The Kier molecular flexibility index (Phi) is 4.64. The van der Waals surface area contributed by atoms with E-state index >= 15 is 0 Å². The molecule has 1 aromatic heterocycles. The van der Waals surface area contributed by atoms with Crippen molar-refractivity contribution in [1.82, 2.24) is 15.0 Å². The SMILES string of the molecule is CCCn1ccnc1C(NN)c1ccc(C(F)(F)F)cc1. The highest BCUT2D eigenvalue weighted by Crippen LogP contribution is 2.30. The largest absolute Gasteiger partial charge is 0.416 e.